The third kappa shape index (κ3) is 6.82. The van der Waals surface area contributed by atoms with Crippen molar-refractivity contribution in [1.29, 1.82) is 0 Å². The molecule has 0 aliphatic carbocycles. The van der Waals surface area contributed by atoms with Gasteiger partial charge in [0.2, 0.25) is 0 Å². The Kier molecular flexibility index (Phi) is 9.41. The van der Waals surface area contributed by atoms with Gasteiger partial charge in [0, 0.05) is 28.7 Å². The van der Waals surface area contributed by atoms with Crippen molar-refractivity contribution in [3.63, 3.8) is 0 Å². The van der Waals surface area contributed by atoms with E-state index in [0.29, 0.717) is 28.7 Å². The Balaban J connectivity index is 0.00000484. The summed E-state index contributed by atoms with van der Waals surface area (Å²) in [5.74, 6) is 0.0610. The molecule has 0 aliphatic rings. The van der Waals surface area contributed by atoms with Gasteiger partial charge in [-0.2, -0.15) is 0 Å². The van der Waals surface area contributed by atoms with E-state index in [1.807, 2.05) is 44.9 Å². The molecule has 0 N–H and O–H groups in total. The van der Waals surface area contributed by atoms with Gasteiger partial charge in [0.25, 0.3) is 0 Å². The number of hydrogen-bond acceptors (Lipinski definition) is 3. The van der Waals surface area contributed by atoms with Crippen molar-refractivity contribution in [2.75, 3.05) is 41.3 Å². The standard InChI is InChI=1S/C17H24Cl2N2O.ClH/c1-17(11-20(2)3,12-21(4)5)16(22)10-9-13-14(18)7-6-8-15(13)19;/h6-10H,11-12H2,1-5H3;1H. The van der Waals surface area contributed by atoms with Crippen molar-refractivity contribution in [2.24, 2.45) is 5.41 Å². The van der Waals surface area contributed by atoms with E-state index in [0.717, 1.165) is 0 Å². The van der Waals surface area contributed by atoms with E-state index in [4.69, 9.17) is 23.2 Å². The number of ketones is 1. The minimum absolute atomic E-state index is 0. The van der Waals surface area contributed by atoms with E-state index < -0.39 is 5.41 Å². The van der Waals surface area contributed by atoms with Crippen molar-refractivity contribution >= 4 is 47.5 Å². The summed E-state index contributed by atoms with van der Waals surface area (Å²) < 4.78 is 0. The fraction of sp³-hybridized carbons (Fsp3) is 0.471. The van der Waals surface area contributed by atoms with E-state index in [1.54, 1.807) is 30.4 Å². The molecule has 0 atom stereocenters. The Labute approximate surface area is 155 Å². The van der Waals surface area contributed by atoms with Gasteiger partial charge in [-0.05, 0) is 59.4 Å². The highest BCUT2D eigenvalue weighted by Gasteiger charge is 2.32. The minimum Gasteiger partial charge on any atom is -0.308 e. The second kappa shape index (κ2) is 9.65. The van der Waals surface area contributed by atoms with Crippen molar-refractivity contribution in [2.45, 2.75) is 6.92 Å². The van der Waals surface area contributed by atoms with Crippen LogP contribution in [0.15, 0.2) is 24.3 Å². The molecule has 1 rings (SSSR count). The number of nitrogens with zero attached hydrogens (tertiary/aromatic N) is 2. The summed E-state index contributed by atoms with van der Waals surface area (Å²) >= 11 is 12.3. The van der Waals surface area contributed by atoms with Crippen LogP contribution in [-0.2, 0) is 4.79 Å². The lowest BCUT2D eigenvalue weighted by Gasteiger charge is -2.32. The molecule has 0 aliphatic heterocycles. The highest BCUT2D eigenvalue weighted by atomic mass is 35.5. The lowest BCUT2D eigenvalue weighted by atomic mass is 9.84. The van der Waals surface area contributed by atoms with Gasteiger partial charge in [-0.15, -0.1) is 12.4 Å². The molecule has 130 valence electrons. The first kappa shape index (κ1) is 22.4. The molecule has 0 saturated carbocycles. The molecule has 0 aromatic heterocycles. The predicted molar refractivity (Wildman–Crippen MR) is 103 cm³/mol. The van der Waals surface area contributed by atoms with Crippen LogP contribution in [0.4, 0.5) is 0 Å². The van der Waals surface area contributed by atoms with Gasteiger partial charge in [0.1, 0.15) is 0 Å². The molecule has 1 aromatic carbocycles. The number of benzene rings is 1. The van der Waals surface area contributed by atoms with Crippen LogP contribution in [0.3, 0.4) is 0 Å². The van der Waals surface area contributed by atoms with Gasteiger partial charge in [0.05, 0.1) is 5.41 Å². The quantitative estimate of drug-likeness (QED) is 0.666. The average Bonchev–Trinajstić information content (AvgIpc) is 2.35. The molecule has 0 amide bonds. The fourth-order valence-electron chi connectivity index (χ4n) is 2.63. The van der Waals surface area contributed by atoms with Gasteiger partial charge in [0.15, 0.2) is 5.78 Å². The van der Waals surface area contributed by atoms with Crippen molar-refractivity contribution in [1.82, 2.24) is 9.80 Å². The van der Waals surface area contributed by atoms with E-state index >= 15 is 0 Å². The summed E-state index contributed by atoms with van der Waals surface area (Å²) in [7, 11) is 7.87. The van der Waals surface area contributed by atoms with E-state index in [-0.39, 0.29) is 18.2 Å². The van der Waals surface area contributed by atoms with Gasteiger partial charge in [-0.25, -0.2) is 0 Å². The Bertz CT molecular complexity index is 527. The number of carbonyl (C=O) groups is 1. The van der Waals surface area contributed by atoms with Crippen LogP contribution in [0, 0.1) is 5.41 Å². The van der Waals surface area contributed by atoms with Crippen LogP contribution < -0.4 is 0 Å². The van der Waals surface area contributed by atoms with Crippen LogP contribution >= 0.6 is 35.6 Å². The Morgan fingerprint density at radius 1 is 1.09 bits per heavy atom. The zero-order valence-corrected chi connectivity index (χ0v) is 16.6. The van der Waals surface area contributed by atoms with Crippen LogP contribution in [-0.4, -0.2) is 56.9 Å². The summed E-state index contributed by atoms with van der Waals surface area (Å²) in [6, 6.07) is 5.30. The van der Waals surface area contributed by atoms with Crippen LogP contribution in [0.5, 0.6) is 0 Å². The third-order valence-corrected chi connectivity index (χ3v) is 3.99. The molecule has 0 fully saturated rings. The number of hydrogen-bond donors (Lipinski definition) is 0. The third-order valence-electron chi connectivity index (χ3n) is 3.33. The average molecular weight is 380 g/mol. The van der Waals surface area contributed by atoms with Crippen LogP contribution in [0.1, 0.15) is 12.5 Å². The summed E-state index contributed by atoms with van der Waals surface area (Å²) in [4.78, 5) is 16.8. The van der Waals surface area contributed by atoms with Crippen LogP contribution in [0.25, 0.3) is 6.08 Å². The molecule has 6 heteroatoms. The maximum atomic E-state index is 12.7. The molecule has 0 saturated heterocycles. The van der Waals surface area contributed by atoms with Crippen molar-refractivity contribution in [3.8, 4) is 0 Å². The molecule has 0 bridgehead atoms. The Morgan fingerprint density at radius 3 is 1.91 bits per heavy atom. The molecule has 1 aromatic rings. The smallest absolute Gasteiger partial charge is 0.164 e. The zero-order chi connectivity index (χ0) is 16.9. The first-order valence-electron chi connectivity index (χ1n) is 7.12. The van der Waals surface area contributed by atoms with Gasteiger partial charge < -0.3 is 9.80 Å². The SMILES string of the molecule is CN(C)CC(C)(CN(C)C)C(=O)C=Cc1c(Cl)cccc1Cl.Cl. The van der Waals surface area contributed by atoms with Crippen LogP contribution in [0.2, 0.25) is 10.0 Å². The maximum Gasteiger partial charge on any atom is 0.164 e. The largest absolute Gasteiger partial charge is 0.308 e. The molecule has 0 radical (unpaired) electrons. The summed E-state index contributed by atoms with van der Waals surface area (Å²) in [6.45, 7) is 3.32. The first-order chi connectivity index (χ1) is 10.2. The summed E-state index contributed by atoms with van der Waals surface area (Å²) in [5, 5.41) is 1.08. The monoisotopic (exact) mass is 378 g/mol. The molecule has 0 spiro atoms. The molecular weight excluding hydrogens is 355 g/mol. The molecule has 23 heavy (non-hydrogen) atoms. The molecule has 0 heterocycles. The predicted octanol–water partition coefficient (Wildman–Crippen LogP) is 4.13. The second-order valence-electron chi connectivity index (χ2n) is 6.37. The number of halogens is 3. The zero-order valence-electron chi connectivity index (χ0n) is 14.3. The maximum absolute atomic E-state index is 12.7. The molecular formula is C17H25Cl3N2O. The normalized spacial score (nSPS) is 12.0. The Morgan fingerprint density at radius 2 is 1.52 bits per heavy atom. The van der Waals surface area contributed by atoms with Gasteiger partial charge >= 0.3 is 0 Å². The first-order valence-corrected chi connectivity index (χ1v) is 7.87. The Hall–Kier alpha value is -0.580. The lowest BCUT2D eigenvalue weighted by Crippen LogP contribution is -2.44. The lowest BCUT2D eigenvalue weighted by molar-refractivity contribution is -0.124. The van der Waals surface area contributed by atoms with E-state index in [9.17, 15) is 4.79 Å². The number of rotatable bonds is 7. The number of carbonyl (C=O) groups excluding carboxylic acids is 1. The van der Waals surface area contributed by atoms with E-state index in [2.05, 4.69) is 0 Å². The van der Waals surface area contributed by atoms with Crippen molar-refractivity contribution in [3.05, 3.63) is 39.9 Å². The summed E-state index contributed by atoms with van der Waals surface area (Å²) in [5.41, 5.74) is 0.188. The highest BCUT2D eigenvalue weighted by molar-refractivity contribution is 6.37. The molecule has 0 unspecified atom stereocenters. The highest BCUT2D eigenvalue weighted by Crippen LogP contribution is 2.27. The topological polar surface area (TPSA) is 23.6 Å². The minimum atomic E-state index is -0.489. The fourth-order valence-corrected chi connectivity index (χ4v) is 3.16. The summed E-state index contributed by atoms with van der Waals surface area (Å²) in [6.07, 6.45) is 3.29. The molecule has 3 nitrogen and oxygen atoms in total. The number of allylic oxidation sites excluding steroid dienone is 1. The van der Waals surface area contributed by atoms with Gasteiger partial charge in [-0.1, -0.05) is 29.3 Å². The van der Waals surface area contributed by atoms with Gasteiger partial charge in [-0.3, -0.25) is 4.79 Å². The second-order valence-corrected chi connectivity index (χ2v) is 7.18. The van der Waals surface area contributed by atoms with E-state index in [1.165, 1.54) is 0 Å². The van der Waals surface area contributed by atoms with Crippen molar-refractivity contribution < 1.29 is 4.79 Å².